The van der Waals surface area contributed by atoms with Crippen molar-refractivity contribution >= 4 is 0 Å². The molecule has 4 fully saturated rings. The van der Waals surface area contributed by atoms with Gasteiger partial charge in [0.15, 0.2) is 0 Å². The van der Waals surface area contributed by atoms with Crippen molar-refractivity contribution in [3.8, 4) is 0 Å². The van der Waals surface area contributed by atoms with Crippen molar-refractivity contribution < 1.29 is 5.11 Å². The molecular formula is C30H50O. The monoisotopic (exact) mass is 426 g/mol. The third-order valence-electron chi connectivity index (χ3n) is 13.3. The number of allylic oxidation sites excluding steroid dienone is 2. The molecule has 0 bridgehead atoms. The summed E-state index contributed by atoms with van der Waals surface area (Å²) < 4.78 is 0. The van der Waals surface area contributed by atoms with E-state index in [2.05, 4.69) is 61.5 Å². The van der Waals surface area contributed by atoms with Gasteiger partial charge in [0.05, 0.1) is 6.10 Å². The minimum absolute atomic E-state index is 0.0368. The molecule has 31 heavy (non-hydrogen) atoms. The number of aliphatic hydroxyl groups excluding tert-OH is 1. The Morgan fingerprint density at radius 2 is 1.55 bits per heavy atom. The lowest BCUT2D eigenvalue weighted by Gasteiger charge is -2.71. The molecule has 0 aliphatic heterocycles. The van der Waals surface area contributed by atoms with Crippen LogP contribution in [0.5, 0.6) is 0 Å². The molecule has 0 aromatic carbocycles. The van der Waals surface area contributed by atoms with Gasteiger partial charge < -0.3 is 5.11 Å². The van der Waals surface area contributed by atoms with Crippen LogP contribution in [0.1, 0.15) is 113 Å². The van der Waals surface area contributed by atoms with E-state index in [4.69, 9.17) is 0 Å². The van der Waals surface area contributed by atoms with E-state index in [1.165, 1.54) is 51.4 Å². The van der Waals surface area contributed by atoms with E-state index >= 15 is 0 Å². The summed E-state index contributed by atoms with van der Waals surface area (Å²) in [6, 6.07) is 0. The van der Waals surface area contributed by atoms with E-state index in [0.29, 0.717) is 27.6 Å². The lowest BCUT2D eigenvalue weighted by atomic mass is 9.33. The molecule has 176 valence electrons. The Labute approximate surface area is 192 Å². The highest BCUT2D eigenvalue weighted by molar-refractivity contribution is 5.33. The van der Waals surface area contributed by atoms with Crippen molar-refractivity contribution in [1.29, 1.82) is 0 Å². The van der Waals surface area contributed by atoms with Crippen LogP contribution in [-0.2, 0) is 0 Å². The quantitative estimate of drug-likeness (QED) is 0.389. The highest BCUT2D eigenvalue weighted by Crippen LogP contribution is 2.75. The third kappa shape index (κ3) is 2.65. The van der Waals surface area contributed by atoms with Crippen molar-refractivity contribution in [2.24, 2.45) is 56.7 Å². The van der Waals surface area contributed by atoms with Crippen LogP contribution >= 0.6 is 0 Å². The van der Waals surface area contributed by atoms with E-state index < -0.39 is 0 Å². The van der Waals surface area contributed by atoms with Gasteiger partial charge >= 0.3 is 0 Å². The topological polar surface area (TPSA) is 20.2 Å². The first-order valence-electron chi connectivity index (χ1n) is 13.7. The molecule has 4 saturated carbocycles. The van der Waals surface area contributed by atoms with Crippen LogP contribution in [0.4, 0.5) is 0 Å². The van der Waals surface area contributed by atoms with Crippen molar-refractivity contribution in [3.05, 3.63) is 11.6 Å². The Hall–Kier alpha value is -0.300. The predicted octanol–water partition coefficient (Wildman–Crippen LogP) is 8.02. The van der Waals surface area contributed by atoms with Crippen LogP contribution < -0.4 is 0 Å². The molecule has 10 atom stereocenters. The standard InChI is InChI=1S/C30H50O/c1-19-11-14-27(5)17-18-29(7)22-9-10-23-26(3,4)24(31)13-15-28(23,6)21(22)12-16-30(29,8)25(27)20(19)2/h9,19-21,23-25,31H,10-18H2,1-8H3/t19-,20+,21+,23+,24+,25-,27-,28-,29-,30+/m1/s1. The summed E-state index contributed by atoms with van der Waals surface area (Å²) >= 11 is 0. The summed E-state index contributed by atoms with van der Waals surface area (Å²) in [6.45, 7) is 20.5. The first-order valence-corrected chi connectivity index (χ1v) is 13.7. The molecule has 0 spiro atoms. The summed E-state index contributed by atoms with van der Waals surface area (Å²) in [5.74, 6) is 3.93. The number of hydrogen-bond donors (Lipinski definition) is 1. The molecule has 5 aliphatic rings. The lowest BCUT2D eigenvalue weighted by molar-refractivity contribution is -0.186. The van der Waals surface area contributed by atoms with Gasteiger partial charge in [-0.15, -0.1) is 0 Å². The minimum Gasteiger partial charge on any atom is -0.393 e. The van der Waals surface area contributed by atoms with Crippen LogP contribution in [0.2, 0.25) is 0 Å². The second kappa shape index (κ2) is 6.64. The second-order valence-electron chi connectivity index (χ2n) is 14.7. The van der Waals surface area contributed by atoms with Crippen LogP contribution in [0.25, 0.3) is 0 Å². The van der Waals surface area contributed by atoms with Gasteiger partial charge in [-0.25, -0.2) is 0 Å². The summed E-state index contributed by atoms with van der Waals surface area (Å²) in [5.41, 5.74) is 3.60. The Bertz CT molecular complexity index is 779. The Morgan fingerprint density at radius 1 is 0.839 bits per heavy atom. The van der Waals surface area contributed by atoms with E-state index in [-0.39, 0.29) is 11.5 Å². The van der Waals surface area contributed by atoms with Gasteiger partial charge in [-0.3, -0.25) is 0 Å². The highest BCUT2D eigenvalue weighted by Gasteiger charge is 2.67. The molecule has 0 heterocycles. The summed E-state index contributed by atoms with van der Waals surface area (Å²) in [4.78, 5) is 0. The highest BCUT2D eigenvalue weighted by atomic mass is 16.3. The Morgan fingerprint density at radius 3 is 2.26 bits per heavy atom. The van der Waals surface area contributed by atoms with E-state index in [1.807, 2.05) is 5.57 Å². The summed E-state index contributed by atoms with van der Waals surface area (Å²) in [5, 5.41) is 10.9. The fourth-order valence-corrected chi connectivity index (χ4v) is 11.0. The van der Waals surface area contributed by atoms with Crippen LogP contribution in [0.3, 0.4) is 0 Å². The van der Waals surface area contributed by atoms with Gasteiger partial charge in [-0.2, -0.15) is 0 Å². The molecule has 0 saturated heterocycles. The maximum atomic E-state index is 10.9. The van der Waals surface area contributed by atoms with E-state index in [0.717, 1.165) is 30.1 Å². The van der Waals surface area contributed by atoms with E-state index in [9.17, 15) is 5.11 Å². The molecule has 1 heteroatoms. The second-order valence-corrected chi connectivity index (χ2v) is 14.7. The minimum atomic E-state index is -0.134. The third-order valence-corrected chi connectivity index (χ3v) is 13.3. The van der Waals surface area contributed by atoms with Gasteiger partial charge in [0, 0.05) is 0 Å². The SMILES string of the molecule is C[C@H]1[C@H](C)CC[C@]2(C)CC[C@]3(C)C4=CC[C@H]5C(C)(C)[C@@H](O)CC[C@]5(C)[C@H]4CC[C@@]3(C)[C@H]12. The molecule has 0 amide bonds. The van der Waals surface area contributed by atoms with Crippen LogP contribution in [0, 0.1) is 56.7 Å². The summed E-state index contributed by atoms with van der Waals surface area (Å²) in [6.07, 6.45) is 14.5. The van der Waals surface area contributed by atoms with Crippen LogP contribution in [-0.4, -0.2) is 11.2 Å². The fraction of sp³-hybridized carbons (Fsp3) is 0.933. The molecule has 5 aliphatic carbocycles. The number of aliphatic hydroxyl groups is 1. The zero-order chi connectivity index (χ0) is 22.6. The molecule has 1 nitrogen and oxygen atoms in total. The predicted molar refractivity (Wildman–Crippen MR) is 131 cm³/mol. The first-order chi connectivity index (χ1) is 14.3. The molecular weight excluding hydrogens is 376 g/mol. The Kier molecular flexibility index (Phi) is 4.82. The molecule has 5 rings (SSSR count). The molecule has 0 unspecified atom stereocenters. The summed E-state index contributed by atoms with van der Waals surface area (Å²) in [7, 11) is 0. The van der Waals surface area contributed by atoms with Crippen molar-refractivity contribution in [1.82, 2.24) is 0 Å². The molecule has 0 aromatic heterocycles. The van der Waals surface area contributed by atoms with Gasteiger partial charge in [-0.1, -0.05) is 67.0 Å². The largest absolute Gasteiger partial charge is 0.393 e. The molecule has 0 radical (unpaired) electrons. The lowest BCUT2D eigenvalue weighted by Crippen LogP contribution is -2.64. The van der Waals surface area contributed by atoms with Gasteiger partial charge in [-0.05, 0) is 114 Å². The smallest absolute Gasteiger partial charge is 0.0594 e. The maximum absolute atomic E-state index is 10.9. The first kappa shape index (κ1) is 22.5. The van der Waals surface area contributed by atoms with Gasteiger partial charge in [0.25, 0.3) is 0 Å². The molecule has 0 aromatic rings. The van der Waals surface area contributed by atoms with Crippen molar-refractivity contribution in [3.63, 3.8) is 0 Å². The zero-order valence-corrected chi connectivity index (χ0v) is 21.9. The van der Waals surface area contributed by atoms with E-state index in [1.54, 1.807) is 0 Å². The number of rotatable bonds is 0. The van der Waals surface area contributed by atoms with Crippen molar-refractivity contribution in [2.45, 2.75) is 119 Å². The average Bonchev–Trinajstić information content (AvgIpc) is 2.70. The normalized spacial score (nSPS) is 58.3. The maximum Gasteiger partial charge on any atom is 0.0594 e. The number of fused-ring (bicyclic) bond motifs is 7. The molecule has 1 N–H and O–H groups in total. The fourth-order valence-electron chi connectivity index (χ4n) is 11.0. The van der Waals surface area contributed by atoms with Crippen LogP contribution in [0.15, 0.2) is 11.6 Å². The van der Waals surface area contributed by atoms with Gasteiger partial charge in [0.1, 0.15) is 0 Å². The zero-order valence-electron chi connectivity index (χ0n) is 21.9. The van der Waals surface area contributed by atoms with Gasteiger partial charge in [0.2, 0.25) is 0 Å². The average molecular weight is 427 g/mol. The number of hydrogen-bond acceptors (Lipinski definition) is 1. The van der Waals surface area contributed by atoms with Crippen molar-refractivity contribution in [2.75, 3.05) is 0 Å². The Balaban J connectivity index is 1.58.